The molecule has 31 heavy (non-hydrogen) atoms. The van der Waals surface area contributed by atoms with Gasteiger partial charge in [0.2, 0.25) is 0 Å². The van der Waals surface area contributed by atoms with E-state index in [9.17, 15) is 4.79 Å². The molecule has 0 aliphatic rings. The van der Waals surface area contributed by atoms with Crippen LogP contribution in [-0.4, -0.2) is 11.1 Å². The molecule has 6 nitrogen and oxygen atoms in total. The number of amides is 1. The van der Waals surface area contributed by atoms with E-state index in [4.69, 9.17) is 9.26 Å². The Morgan fingerprint density at radius 2 is 1.61 bits per heavy atom. The molecule has 0 radical (unpaired) electrons. The second-order valence-electron chi connectivity index (χ2n) is 7.14. The van der Waals surface area contributed by atoms with Crippen molar-refractivity contribution in [1.82, 2.24) is 5.16 Å². The molecule has 2 N–H and O–H groups in total. The fraction of sp³-hybridized carbons (Fsp3) is 0.120. The molecule has 0 aliphatic heterocycles. The van der Waals surface area contributed by atoms with E-state index >= 15 is 0 Å². The molecular weight excluding hydrogens is 390 g/mol. The third-order valence-corrected chi connectivity index (χ3v) is 4.87. The Balaban J connectivity index is 1.37. The highest BCUT2D eigenvalue weighted by Crippen LogP contribution is 2.21. The number of aromatic nitrogens is 1. The van der Waals surface area contributed by atoms with E-state index in [0.29, 0.717) is 23.6 Å². The van der Waals surface area contributed by atoms with E-state index in [-0.39, 0.29) is 5.91 Å². The van der Waals surface area contributed by atoms with Crippen molar-refractivity contribution < 1.29 is 14.1 Å². The number of hydrogen-bond acceptors (Lipinski definition) is 5. The predicted octanol–water partition coefficient (Wildman–Crippen LogP) is 5.87. The van der Waals surface area contributed by atoms with Gasteiger partial charge in [0.05, 0.1) is 11.3 Å². The molecule has 0 fully saturated rings. The van der Waals surface area contributed by atoms with Gasteiger partial charge in [-0.15, -0.1) is 0 Å². The first-order valence-corrected chi connectivity index (χ1v) is 9.96. The fourth-order valence-electron chi connectivity index (χ4n) is 3.12. The zero-order chi connectivity index (χ0) is 21.6. The fourth-order valence-corrected chi connectivity index (χ4v) is 3.12. The van der Waals surface area contributed by atoms with Crippen molar-refractivity contribution in [2.75, 3.05) is 10.6 Å². The maximum atomic E-state index is 12.7. The van der Waals surface area contributed by atoms with Gasteiger partial charge in [0, 0.05) is 22.6 Å². The van der Waals surface area contributed by atoms with Crippen LogP contribution in [0.3, 0.4) is 0 Å². The molecule has 0 bridgehead atoms. The Morgan fingerprint density at radius 3 is 2.32 bits per heavy atom. The molecule has 6 heteroatoms. The van der Waals surface area contributed by atoms with Gasteiger partial charge in [-0.3, -0.25) is 4.79 Å². The monoisotopic (exact) mass is 413 g/mol. The zero-order valence-electron chi connectivity index (χ0n) is 17.4. The van der Waals surface area contributed by atoms with Gasteiger partial charge in [0.25, 0.3) is 5.91 Å². The molecule has 0 aliphatic carbocycles. The largest absolute Gasteiger partial charge is 0.489 e. The van der Waals surface area contributed by atoms with Crippen LogP contribution in [-0.2, 0) is 6.61 Å². The van der Waals surface area contributed by atoms with Gasteiger partial charge in [-0.1, -0.05) is 29.4 Å². The van der Waals surface area contributed by atoms with E-state index in [2.05, 4.69) is 15.8 Å². The van der Waals surface area contributed by atoms with E-state index in [1.807, 2.05) is 74.5 Å². The van der Waals surface area contributed by atoms with Crippen molar-refractivity contribution in [3.05, 3.63) is 101 Å². The van der Waals surface area contributed by atoms with Crippen LogP contribution in [0.15, 0.2) is 83.4 Å². The summed E-state index contributed by atoms with van der Waals surface area (Å²) < 4.78 is 11.0. The zero-order valence-corrected chi connectivity index (χ0v) is 17.4. The van der Waals surface area contributed by atoms with Gasteiger partial charge in [-0.05, 0) is 68.4 Å². The number of para-hydroxylation sites is 1. The van der Waals surface area contributed by atoms with E-state index in [0.717, 1.165) is 28.4 Å². The summed E-state index contributed by atoms with van der Waals surface area (Å²) in [6.07, 6.45) is 0. The normalized spacial score (nSPS) is 10.5. The molecule has 0 saturated heterocycles. The third-order valence-electron chi connectivity index (χ3n) is 4.87. The lowest BCUT2D eigenvalue weighted by atomic mass is 10.2. The molecule has 3 aromatic carbocycles. The van der Waals surface area contributed by atoms with Crippen molar-refractivity contribution in [3.8, 4) is 5.75 Å². The number of carbonyl (C=O) groups is 1. The molecular formula is C25H23N3O3. The van der Waals surface area contributed by atoms with Crippen LogP contribution >= 0.6 is 0 Å². The minimum absolute atomic E-state index is 0.202. The molecule has 0 saturated carbocycles. The average Bonchev–Trinajstić information content (AvgIpc) is 3.12. The molecule has 1 aromatic heterocycles. The van der Waals surface area contributed by atoms with Crippen molar-refractivity contribution in [3.63, 3.8) is 0 Å². The van der Waals surface area contributed by atoms with Crippen LogP contribution < -0.4 is 15.4 Å². The molecule has 0 atom stereocenters. The molecule has 0 spiro atoms. The first kappa shape index (κ1) is 20.2. The summed E-state index contributed by atoms with van der Waals surface area (Å²) in [5, 5.41) is 10.2. The van der Waals surface area contributed by atoms with Crippen LogP contribution in [0.1, 0.15) is 27.4 Å². The number of hydrogen-bond donors (Lipinski definition) is 2. The van der Waals surface area contributed by atoms with Gasteiger partial charge >= 0.3 is 0 Å². The number of anilines is 3. The third kappa shape index (κ3) is 5.11. The summed E-state index contributed by atoms with van der Waals surface area (Å²) in [5.41, 5.74) is 4.90. The van der Waals surface area contributed by atoms with Crippen LogP contribution in [0.2, 0.25) is 0 Å². The van der Waals surface area contributed by atoms with Crippen LogP contribution in [0, 0.1) is 13.8 Å². The number of rotatable bonds is 7. The Bertz CT molecular complexity index is 1150. The highest BCUT2D eigenvalue weighted by Gasteiger charge is 2.11. The van der Waals surface area contributed by atoms with E-state index in [1.54, 1.807) is 18.2 Å². The van der Waals surface area contributed by atoms with Gasteiger partial charge in [0.1, 0.15) is 18.1 Å². The summed E-state index contributed by atoms with van der Waals surface area (Å²) in [4.78, 5) is 12.7. The molecule has 1 amide bonds. The second kappa shape index (κ2) is 9.17. The Morgan fingerprint density at radius 1 is 0.903 bits per heavy atom. The molecule has 156 valence electrons. The SMILES string of the molecule is Cc1noc(C)c1COc1cccc(C(=O)Nc2ccc(Nc3ccccc3)cc2)c1. The van der Waals surface area contributed by atoms with Crippen LogP contribution in [0.5, 0.6) is 5.75 Å². The van der Waals surface area contributed by atoms with E-state index in [1.165, 1.54) is 0 Å². The predicted molar refractivity (Wildman–Crippen MR) is 121 cm³/mol. The van der Waals surface area contributed by atoms with Crippen molar-refractivity contribution in [2.24, 2.45) is 0 Å². The molecule has 4 aromatic rings. The Labute approximate surface area is 180 Å². The highest BCUT2D eigenvalue weighted by atomic mass is 16.5. The highest BCUT2D eigenvalue weighted by molar-refractivity contribution is 6.04. The first-order valence-electron chi connectivity index (χ1n) is 9.96. The summed E-state index contributed by atoms with van der Waals surface area (Å²) in [7, 11) is 0. The minimum atomic E-state index is -0.202. The summed E-state index contributed by atoms with van der Waals surface area (Å²) in [6, 6.07) is 24.6. The topological polar surface area (TPSA) is 76.4 Å². The minimum Gasteiger partial charge on any atom is -0.489 e. The summed E-state index contributed by atoms with van der Waals surface area (Å²) in [5.74, 6) is 1.14. The first-order chi connectivity index (χ1) is 15.1. The van der Waals surface area contributed by atoms with Crippen molar-refractivity contribution >= 4 is 23.0 Å². The number of carbonyl (C=O) groups excluding carboxylic acids is 1. The number of ether oxygens (including phenoxy) is 1. The number of aryl methyl sites for hydroxylation is 2. The second-order valence-corrected chi connectivity index (χ2v) is 7.14. The van der Waals surface area contributed by atoms with Crippen molar-refractivity contribution in [1.29, 1.82) is 0 Å². The summed E-state index contributed by atoms with van der Waals surface area (Å²) >= 11 is 0. The van der Waals surface area contributed by atoms with Crippen LogP contribution in [0.4, 0.5) is 17.1 Å². The lowest BCUT2D eigenvalue weighted by molar-refractivity contribution is 0.102. The van der Waals surface area contributed by atoms with Gasteiger partial charge in [-0.25, -0.2) is 0 Å². The summed E-state index contributed by atoms with van der Waals surface area (Å²) in [6.45, 7) is 4.06. The Hall–Kier alpha value is -4.06. The standard InChI is InChI=1S/C25H23N3O3/c1-17-24(18(2)31-28-17)16-30-23-10-6-7-19(15-23)25(29)27-22-13-11-21(12-14-22)26-20-8-4-3-5-9-20/h3-15,26H,16H2,1-2H3,(H,27,29). The number of nitrogens with zero attached hydrogens (tertiary/aromatic N) is 1. The Kier molecular flexibility index (Phi) is 5.98. The maximum absolute atomic E-state index is 12.7. The average molecular weight is 413 g/mol. The van der Waals surface area contributed by atoms with Gasteiger partial charge in [-0.2, -0.15) is 0 Å². The molecule has 0 unspecified atom stereocenters. The number of benzene rings is 3. The van der Waals surface area contributed by atoms with E-state index < -0.39 is 0 Å². The quantitative estimate of drug-likeness (QED) is 0.396. The van der Waals surface area contributed by atoms with Gasteiger partial charge < -0.3 is 19.9 Å². The van der Waals surface area contributed by atoms with Crippen LogP contribution in [0.25, 0.3) is 0 Å². The number of nitrogens with one attached hydrogen (secondary N) is 2. The lowest BCUT2D eigenvalue weighted by Crippen LogP contribution is -2.12. The molecule has 4 rings (SSSR count). The molecule has 1 heterocycles. The lowest BCUT2D eigenvalue weighted by Gasteiger charge is -2.10. The maximum Gasteiger partial charge on any atom is 0.255 e. The van der Waals surface area contributed by atoms with Crippen molar-refractivity contribution in [2.45, 2.75) is 20.5 Å². The van der Waals surface area contributed by atoms with Gasteiger partial charge in [0.15, 0.2) is 0 Å². The smallest absolute Gasteiger partial charge is 0.255 e.